The second-order valence-corrected chi connectivity index (χ2v) is 5.21. The Kier molecular flexibility index (Phi) is 3.30. The smallest absolute Gasteiger partial charge is 0.125 e. The summed E-state index contributed by atoms with van der Waals surface area (Å²) in [6.45, 7) is 5.82. The fourth-order valence-corrected chi connectivity index (χ4v) is 2.39. The maximum absolute atomic E-state index is 5.60. The van der Waals surface area contributed by atoms with E-state index < -0.39 is 0 Å². The Hall–Kier alpha value is -1.74. The van der Waals surface area contributed by atoms with Crippen molar-refractivity contribution in [3.63, 3.8) is 0 Å². The average molecular weight is 257 g/mol. The van der Waals surface area contributed by atoms with Crippen LogP contribution < -0.4 is 10.1 Å². The fraction of sp³-hybridized carbons (Fsp3) is 0.375. The monoisotopic (exact) mass is 257 g/mol. The summed E-state index contributed by atoms with van der Waals surface area (Å²) >= 11 is 0. The van der Waals surface area contributed by atoms with Crippen LogP contribution in [0.3, 0.4) is 0 Å². The zero-order valence-corrected chi connectivity index (χ0v) is 11.4. The summed E-state index contributed by atoms with van der Waals surface area (Å²) in [5, 5.41) is 3.39. The summed E-state index contributed by atoms with van der Waals surface area (Å²) in [7, 11) is 0. The molecule has 2 aromatic rings. The molecule has 1 aromatic carbocycles. The summed E-state index contributed by atoms with van der Waals surface area (Å²) in [4.78, 5) is 0. The Morgan fingerprint density at radius 1 is 1.26 bits per heavy atom. The van der Waals surface area contributed by atoms with E-state index in [1.54, 1.807) is 6.26 Å². The number of rotatable bonds is 4. The summed E-state index contributed by atoms with van der Waals surface area (Å²) < 4.78 is 11.1. The van der Waals surface area contributed by atoms with E-state index in [0.29, 0.717) is 6.04 Å². The number of fused-ring (bicyclic) bond motifs is 1. The van der Waals surface area contributed by atoms with Crippen LogP contribution in [0.5, 0.6) is 5.75 Å². The fourth-order valence-electron chi connectivity index (χ4n) is 2.39. The molecule has 2 heterocycles. The predicted octanol–water partition coefficient (Wildman–Crippen LogP) is 3.38. The van der Waals surface area contributed by atoms with Crippen molar-refractivity contribution in [2.45, 2.75) is 32.9 Å². The highest BCUT2D eigenvalue weighted by molar-refractivity contribution is 5.67. The maximum Gasteiger partial charge on any atom is 0.125 e. The molecule has 0 aliphatic carbocycles. The van der Waals surface area contributed by atoms with Crippen LogP contribution in [0, 0.1) is 0 Å². The van der Waals surface area contributed by atoms with E-state index in [2.05, 4.69) is 37.4 Å². The van der Waals surface area contributed by atoms with Crippen LogP contribution in [0.15, 0.2) is 34.9 Å². The van der Waals surface area contributed by atoms with Gasteiger partial charge in [-0.25, -0.2) is 0 Å². The molecule has 0 bridgehead atoms. The zero-order chi connectivity index (χ0) is 13.2. The van der Waals surface area contributed by atoms with Crippen molar-refractivity contribution in [1.82, 2.24) is 5.32 Å². The predicted molar refractivity (Wildman–Crippen MR) is 75.3 cm³/mol. The normalized spacial score (nSPS) is 13.6. The van der Waals surface area contributed by atoms with Gasteiger partial charge in [-0.1, -0.05) is 19.9 Å². The topological polar surface area (TPSA) is 34.4 Å². The lowest BCUT2D eigenvalue weighted by Gasteiger charge is -2.08. The van der Waals surface area contributed by atoms with Crippen LogP contribution in [0.2, 0.25) is 0 Å². The molecule has 0 atom stereocenters. The van der Waals surface area contributed by atoms with Gasteiger partial charge in [0.1, 0.15) is 11.5 Å². The first-order chi connectivity index (χ1) is 9.24. The first-order valence-corrected chi connectivity index (χ1v) is 6.80. The summed E-state index contributed by atoms with van der Waals surface area (Å²) in [5.41, 5.74) is 3.67. The molecule has 1 N–H and O–H groups in total. The van der Waals surface area contributed by atoms with Crippen LogP contribution in [-0.2, 0) is 13.0 Å². The SMILES string of the molecule is CC(C)NCc1occc1-c1ccc2c(c1)CCO2. The molecule has 3 rings (SSSR count). The molecule has 0 saturated heterocycles. The van der Waals surface area contributed by atoms with Crippen LogP contribution in [-0.4, -0.2) is 12.6 Å². The molecular formula is C16H19NO2. The van der Waals surface area contributed by atoms with E-state index in [4.69, 9.17) is 9.15 Å². The van der Waals surface area contributed by atoms with E-state index in [1.807, 2.05) is 6.07 Å². The molecule has 1 aromatic heterocycles. The molecule has 0 unspecified atom stereocenters. The zero-order valence-electron chi connectivity index (χ0n) is 11.4. The third kappa shape index (κ3) is 2.51. The Balaban J connectivity index is 1.88. The second-order valence-electron chi connectivity index (χ2n) is 5.21. The molecule has 0 radical (unpaired) electrons. The van der Waals surface area contributed by atoms with Gasteiger partial charge in [0.15, 0.2) is 0 Å². The molecule has 1 aliphatic rings. The van der Waals surface area contributed by atoms with Crippen molar-refractivity contribution in [3.8, 4) is 16.9 Å². The van der Waals surface area contributed by atoms with Crippen molar-refractivity contribution in [2.24, 2.45) is 0 Å². The van der Waals surface area contributed by atoms with Crippen LogP contribution in [0.1, 0.15) is 25.2 Å². The largest absolute Gasteiger partial charge is 0.493 e. The Bertz CT molecular complexity index is 572. The summed E-state index contributed by atoms with van der Waals surface area (Å²) in [5.74, 6) is 2.02. The van der Waals surface area contributed by atoms with Gasteiger partial charge < -0.3 is 14.5 Å². The number of ether oxygens (including phenoxy) is 1. The van der Waals surface area contributed by atoms with E-state index in [9.17, 15) is 0 Å². The number of nitrogens with one attached hydrogen (secondary N) is 1. The highest BCUT2D eigenvalue weighted by Crippen LogP contribution is 2.32. The van der Waals surface area contributed by atoms with Crippen LogP contribution in [0.4, 0.5) is 0 Å². The molecule has 1 aliphatic heterocycles. The third-order valence-corrected chi connectivity index (χ3v) is 3.42. The standard InChI is InChI=1S/C16H19NO2/c1-11(2)17-10-16-14(6-8-19-16)12-3-4-15-13(9-12)5-7-18-15/h3-4,6,8-9,11,17H,5,7,10H2,1-2H3. The Morgan fingerprint density at radius 3 is 3.00 bits per heavy atom. The van der Waals surface area contributed by atoms with Gasteiger partial charge >= 0.3 is 0 Å². The van der Waals surface area contributed by atoms with Gasteiger partial charge in [-0.05, 0) is 29.3 Å². The van der Waals surface area contributed by atoms with Gasteiger partial charge in [0.2, 0.25) is 0 Å². The summed E-state index contributed by atoms with van der Waals surface area (Å²) in [6, 6.07) is 8.87. The first kappa shape index (κ1) is 12.3. The third-order valence-electron chi connectivity index (χ3n) is 3.42. The van der Waals surface area contributed by atoms with Crippen molar-refractivity contribution < 1.29 is 9.15 Å². The Morgan fingerprint density at radius 2 is 2.16 bits per heavy atom. The minimum absolute atomic E-state index is 0.450. The highest BCUT2D eigenvalue weighted by atomic mass is 16.5. The molecule has 0 saturated carbocycles. The maximum atomic E-state index is 5.60. The van der Waals surface area contributed by atoms with Gasteiger partial charge in [0.05, 0.1) is 19.4 Å². The van der Waals surface area contributed by atoms with E-state index in [0.717, 1.165) is 31.1 Å². The van der Waals surface area contributed by atoms with Crippen LogP contribution in [0.25, 0.3) is 11.1 Å². The van der Waals surface area contributed by atoms with Crippen molar-refractivity contribution in [3.05, 3.63) is 41.9 Å². The van der Waals surface area contributed by atoms with E-state index >= 15 is 0 Å². The summed E-state index contributed by atoms with van der Waals surface area (Å²) in [6.07, 6.45) is 2.76. The average Bonchev–Trinajstić information content (AvgIpc) is 3.04. The number of furan rings is 1. The lowest BCUT2D eigenvalue weighted by molar-refractivity contribution is 0.357. The van der Waals surface area contributed by atoms with Gasteiger partial charge in [0.25, 0.3) is 0 Å². The molecule has 3 heteroatoms. The second kappa shape index (κ2) is 5.10. The number of hydrogen-bond acceptors (Lipinski definition) is 3. The van der Waals surface area contributed by atoms with Gasteiger partial charge in [-0.3, -0.25) is 0 Å². The molecule has 0 amide bonds. The molecule has 100 valence electrons. The van der Waals surface area contributed by atoms with Gasteiger partial charge in [-0.15, -0.1) is 0 Å². The molecule has 3 nitrogen and oxygen atoms in total. The first-order valence-electron chi connectivity index (χ1n) is 6.80. The Labute approximate surface area is 113 Å². The van der Waals surface area contributed by atoms with E-state index in [1.165, 1.54) is 16.7 Å². The number of hydrogen-bond donors (Lipinski definition) is 1. The lowest BCUT2D eigenvalue weighted by Crippen LogP contribution is -2.21. The van der Waals surface area contributed by atoms with Crippen molar-refractivity contribution in [1.29, 1.82) is 0 Å². The van der Waals surface area contributed by atoms with Crippen molar-refractivity contribution >= 4 is 0 Å². The molecule has 19 heavy (non-hydrogen) atoms. The van der Waals surface area contributed by atoms with E-state index in [-0.39, 0.29) is 0 Å². The molecular weight excluding hydrogens is 238 g/mol. The van der Waals surface area contributed by atoms with Gasteiger partial charge in [-0.2, -0.15) is 0 Å². The number of benzene rings is 1. The molecule has 0 spiro atoms. The van der Waals surface area contributed by atoms with Crippen LogP contribution >= 0.6 is 0 Å². The quantitative estimate of drug-likeness (QED) is 0.911. The van der Waals surface area contributed by atoms with Crippen molar-refractivity contribution in [2.75, 3.05) is 6.61 Å². The highest BCUT2D eigenvalue weighted by Gasteiger charge is 2.15. The minimum atomic E-state index is 0.450. The minimum Gasteiger partial charge on any atom is -0.493 e. The molecule has 0 fully saturated rings. The van der Waals surface area contributed by atoms with Gasteiger partial charge in [0, 0.05) is 18.0 Å². The lowest BCUT2D eigenvalue weighted by atomic mass is 10.0.